The highest BCUT2D eigenvalue weighted by Crippen LogP contribution is 2.19. The number of hydrogen-bond donors (Lipinski definition) is 2. The van der Waals surface area contributed by atoms with E-state index in [9.17, 15) is 14.7 Å². The second-order valence-electron chi connectivity index (χ2n) is 5.44. The van der Waals surface area contributed by atoms with Crippen LogP contribution >= 0.6 is 0 Å². The molecule has 1 unspecified atom stereocenters. The molecule has 6 nitrogen and oxygen atoms in total. The molecule has 130 valence electrons. The van der Waals surface area contributed by atoms with E-state index in [1.54, 1.807) is 48.8 Å². The summed E-state index contributed by atoms with van der Waals surface area (Å²) < 4.78 is 5.31. The highest BCUT2D eigenvalue weighted by molar-refractivity contribution is 5.91. The number of amides is 1. The minimum absolute atomic E-state index is 0.0184. The molecular weight excluding hydrogens is 320 g/mol. The van der Waals surface area contributed by atoms with Gasteiger partial charge in [-0.1, -0.05) is 18.2 Å². The van der Waals surface area contributed by atoms with E-state index < -0.39 is 6.10 Å². The third-order valence-corrected chi connectivity index (χ3v) is 3.27. The van der Waals surface area contributed by atoms with E-state index in [2.05, 4.69) is 10.3 Å². The van der Waals surface area contributed by atoms with Crippen molar-refractivity contribution in [2.24, 2.45) is 0 Å². The normalized spacial score (nSPS) is 11.9. The number of ketones is 1. The molecule has 2 aromatic rings. The summed E-state index contributed by atoms with van der Waals surface area (Å²) in [7, 11) is 0. The zero-order valence-electron chi connectivity index (χ0n) is 13.9. The molecule has 0 saturated carbocycles. The topological polar surface area (TPSA) is 88.5 Å². The summed E-state index contributed by atoms with van der Waals surface area (Å²) in [5.41, 5.74) is 1.41. The van der Waals surface area contributed by atoms with E-state index in [-0.39, 0.29) is 24.8 Å². The number of carbonyl (C=O) groups is 2. The zero-order chi connectivity index (χ0) is 18.1. The lowest BCUT2D eigenvalue weighted by atomic mass is 10.1. The van der Waals surface area contributed by atoms with Gasteiger partial charge >= 0.3 is 0 Å². The summed E-state index contributed by atoms with van der Waals surface area (Å²) in [6.45, 7) is 1.48. The Morgan fingerprint density at radius 1 is 1.32 bits per heavy atom. The van der Waals surface area contributed by atoms with Gasteiger partial charge in [-0.05, 0) is 42.3 Å². The van der Waals surface area contributed by atoms with Crippen LogP contribution in [0.2, 0.25) is 0 Å². The second-order valence-corrected chi connectivity index (χ2v) is 5.44. The smallest absolute Gasteiger partial charge is 0.244 e. The Bertz CT molecular complexity index is 744. The van der Waals surface area contributed by atoms with Gasteiger partial charge in [-0.25, -0.2) is 0 Å². The largest absolute Gasteiger partial charge is 0.486 e. The van der Waals surface area contributed by atoms with Gasteiger partial charge in [0.25, 0.3) is 0 Å². The molecule has 6 heteroatoms. The number of aliphatic hydroxyl groups excluding tert-OH is 1. The quantitative estimate of drug-likeness (QED) is 0.717. The first-order valence-corrected chi connectivity index (χ1v) is 7.81. The van der Waals surface area contributed by atoms with Crippen LogP contribution in [0.15, 0.2) is 54.9 Å². The monoisotopic (exact) mass is 340 g/mol. The van der Waals surface area contributed by atoms with Gasteiger partial charge in [0.2, 0.25) is 5.91 Å². The Morgan fingerprint density at radius 3 is 2.88 bits per heavy atom. The molecule has 1 heterocycles. The van der Waals surface area contributed by atoms with Crippen LogP contribution in [0.3, 0.4) is 0 Å². The number of Topliss-reactive ketones (excluding diaryl/α,β-unsaturated/α-hetero) is 1. The number of hydrogen-bond acceptors (Lipinski definition) is 5. The Hall–Kier alpha value is -2.99. The molecule has 0 bridgehead atoms. The molecule has 0 spiro atoms. The first kappa shape index (κ1) is 18.4. The molecule has 1 aromatic carbocycles. The number of carbonyl (C=O) groups excluding carboxylic acids is 2. The van der Waals surface area contributed by atoms with E-state index in [1.165, 1.54) is 13.0 Å². The van der Waals surface area contributed by atoms with E-state index in [1.807, 2.05) is 6.07 Å². The Labute approximate surface area is 146 Å². The lowest BCUT2D eigenvalue weighted by molar-refractivity contribution is -0.119. The first-order chi connectivity index (χ1) is 12.0. The summed E-state index contributed by atoms with van der Waals surface area (Å²) in [4.78, 5) is 26.7. The molecule has 25 heavy (non-hydrogen) atoms. The predicted molar refractivity (Wildman–Crippen MR) is 93.9 cm³/mol. The summed E-state index contributed by atoms with van der Waals surface area (Å²) in [5, 5.41) is 12.8. The van der Waals surface area contributed by atoms with Crippen molar-refractivity contribution in [1.29, 1.82) is 0 Å². The van der Waals surface area contributed by atoms with Crippen LogP contribution in [0.4, 0.5) is 0 Å². The van der Waals surface area contributed by atoms with E-state index in [4.69, 9.17) is 4.74 Å². The number of ether oxygens (including phenoxy) is 1. The van der Waals surface area contributed by atoms with Gasteiger partial charge in [-0.15, -0.1) is 0 Å². The van der Waals surface area contributed by atoms with Crippen molar-refractivity contribution in [1.82, 2.24) is 10.3 Å². The highest BCUT2D eigenvalue weighted by Gasteiger charge is 2.10. The fourth-order valence-corrected chi connectivity index (χ4v) is 2.02. The number of benzene rings is 1. The number of rotatable bonds is 8. The van der Waals surface area contributed by atoms with Gasteiger partial charge < -0.3 is 15.2 Å². The summed E-state index contributed by atoms with van der Waals surface area (Å²) in [6.07, 6.45) is 5.45. The van der Waals surface area contributed by atoms with Crippen LogP contribution in [0.1, 0.15) is 24.2 Å². The minimum atomic E-state index is -0.878. The van der Waals surface area contributed by atoms with Gasteiger partial charge in [0, 0.05) is 25.0 Å². The molecule has 1 aromatic heterocycles. The fourth-order valence-electron chi connectivity index (χ4n) is 2.02. The summed E-state index contributed by atoms with van der Waals surface area (Å²) in [6, 6.07) is 10.4. The highest BCUT2D eigenvalue weighted by atomic mass is 16.5. The third-order valence-electron chi connectivity index (χ3n) is 3.27. The van der Waals surface area contributed by atoms with Gasteiger partial charge in [0.05, 0.1) is 6.10 Å². The van der Waals surface area contributed by atoms with Crippen molar-refractivity contribution in [3.05, 3.63) is 66.0 Å². The van der Waals surface area contributed by atoms with Crippen LogP contribution in [0, 0.1) is 0 Å². The molecule has 0 saturated heterocycles. The maximum absolute atomic E-state index is 11.8. The van der Waals surface area contributed by atoms with Gasteiger partial charge in [-0.3, -0.25) is 14.6 Å². The third kappa shape index (κ3) is 6.56. The fraction of sp³-hybridized carbons (Fsp3) is 0.211. The lowest BCUT2D eigenvalue weighted by Gasteiger charge is -2.13. The van der Waals surface area contributed by atoms with Gasteiger partial charge in [0.1, 0.15) is 12.4 Å². The molecule has 2 N–H and O–H groups in total. The standard InChI is InChI=1S/C19H20N2O4/c1-14(22)13-25-17-6-2-5-16(10-17)18(23)12-21-19(24)8-7-15-4-3-9-20-11-15/h2-11,18,23H,12-13H2,1H3,(H,21,24)/b8-7+. The van der Waals surface area contributed by atoms with Crippen molar-refractivity contribution in [3.8, 4) is 5.75 Å². The molecule has 2 rings (SSSR count). The Kier molecular flexibility index (Phi) is 6.86. The van der Waals surface area contributed by atoms with Crippen LogP contribution in [-0.4, -0.2) is 34.9 Å². The van der Waals surface area contributed by atoms with Crippen molar-refractivity contribution >= 4 is 17.8 Å². The lowest BCUT2D eigenvalue weighted by Crippen LogP contribution is -2.26. The van der Waals surface area contributed by atoms with Crippen LogP contribution in [0.25, 0.3) is 6.08 Å². The van der Waals surface area contributed by atoms with E-state index >= 15 is 0 Å². The van der Waals surface area contributed by atoms with E-state index in [0.717, 1.165) is 5.56 Å². The second kappa shape index (κ2) is 9.34. The molecule has 0 radical (unpaired) electrons. The Balaban J connectivity index is 1.86. The first-order valence-electron chi connectivity index (χ1n) is 7.81. The number of aromatic nitrogens is 1. The molecule has 1 atom stereocenters. The van der Waals surface area contributed by atoms with Crippen molar-refractivity contribution in [2.45, 2.75) is 13.0 Å². The number of aliphatic hydroxyl groups is 1. The summed E-state index contributed by atoms with van der Waals surface area (Å²) >= 11 is 0. The maximum Gasteiger partial charge on any atom is 0.244 e. The molecule has 0 aliphatic carbocycles. The van der Waals surface area contributed by atoms with Crippen LogP contribution < -0.4 is 10.1 Å². The Morgan fingerprint density at radius 2 is 2.16 bits per heavy atom. The zero-order valence-corrected chi connectivity index (χ0v) is 13.9. The predicted octanol–water partition coefficient (Wildman–Crippen LogP) is 1.91. The average molecular weight is 340 g/mol. The molecular formula is C19H20N2O4. The number of nitrogens with one attached hydrogen (secondary N) is 1. The molecule has 1 amide bonds. The average Bonchev–Trinajstić information content (AvgIpc) is 2.63. The number of nitrogens with zero attached hydrogens (tertiary/aromatic N) is 1. The minimum Gasteiger partial charge on any atom is -0.486 e. The van der Waals surface area contributed by atoms with Gasteiger partial charge in [-0.2, -0.15) is 0 Å². The van der Waals surface area contributed by atoms with Crippen molar-refractivity contribution in [2.75, 3.05) is 13.2 Å². The molecule has 0 aliphatic heterocycles. The summed E-state index contributed by atoms with van der Waals surface area (Å²) in [5.74, 6) is 0.0973. The number of pyridine rings is 1. The van der Waals surface area contributed by atoms with Crippen LogP contribution in [-0.2, 0) is 9.59 Å². The van der Waals surface area contributed by atoms with Crippen molar-refractivity contribution < 1.29 is 19.4 Å². The SMILES string of the molecule is CC(=O)COc1cccc(C(O)CNC(=O)/C=C/c2cccnc2)c1. The van der Waals surface area contributed by atoms with Crippen LogP contribution in [0.5, 0.6) is 5.75 Å². The molecule has 0 aliphatic rings. The van der Waals surface area contributed by atoms with E-state index in [0.29, 0.717) is 11.3 Å². The van der Waals surface area contributed by atoms with Gasteiger partial charge in [0.15, 0.2) is 5.78 Å². The van der Waals surface area contributed by atoms with Crippen molar-refractivity contribution in [3.63, 3.8) is 0 Å². The molecule has 0 fully saturated rings. The maximum atomic E-state index is 11.8.